The van der Waals surface area contributed by atoms with Gasteiger partial charge in [-0.25, -0.2) is 0 Å². The largest absolute Gasteiger partial charge is 0.395 e. The first-order valence-corrected chi connectivity index (χ1v) is 7.18. The Hall–Kier alpha value is 0.0200. The summed E-state index contributed by atoms with van der Waals surface area (Å²) in [5.41, 5.74) is 5.84. The third-order valence-corrected chi connectivity index (χ3v) is 4.34. The number of methoxy groups -OCH3 is 1. The van der Waals surface area contributed by atoms with E-state index in [1.54, 1.807) is 18.4 Å². The van der Waals surface area contributed by atoms with Crippen molar-refractivity contribution in [2.24, 2.45) is 5.73 Å². The average Bonchev–Trinajstić information content (AvgIpc) is 2.73. The van der Waals surface area contributed by atoms with Gasteiger partial charge in [-0.15, -0.1) is 11.3 Å². The smallest absolute Gasteiger partial charge is 0.0589 e. The minimum absolute atomic E-state index is 0.132. The molecule has 98 valence electrons. The maximum absolute atomic E-state index is 9.10. The van der Waals surface area contributed by atoms with E-state index in [1.807, 2.05) is 5.38 Å². The quantitative estimate of drug-likeness (QED) is 0.760. The van der Waals surface area contributed by atoms with E-state index in [4.69, 9.17) is 15.6 Å². The second kappa shape index (κ2) is 8.18. The summed E-state index contributed by atoms with van der Waals surface area (Å²) in [4.78, 5) is 3.37. The van der Waals surface area contributed by atoms with Gasteiger partial charge in [0.1, 0.15) is 0 Å². The molecular formula is C11H19BrN2O2S. The minimum atomic E-state index is 0.132. The van der Waals surface area contributed by atoms with Crippen molar-refractivity contribution in [3.05, 3.63) is 20.8 Å². The van der Waals surface area contributed by atoms with Gasteiger partial charge in [-0.3, -0.25) is 4.90 Å². The summed E-state index contributed by atoms with van der Waals surface area (Å²) in [7, 11) is 1.68. The van der Waals surface area contributed by atoms with Crippen molar-refractivity contribution in [3.63, 3.8) is 0 Å². The highest BCUT2D eigenvalue weighted by molar-refractivity contribution is 9.10. The normalized spacial score (nSPS) is 13.2. The highest BCUT2D eigenvalue weighted by Gasteiger charge is 2.19. The monoisotopic (exact) mass is 322 g/mol. The summed E-state index contributed by atoms with van der Waals surface area (Å²) in [5.74, 6) is 0. The van der Waals surface area contributed by atoms with E-state index in [0.717, 1.165) is 11.0 Å². The predicted octanol–water partition coefficient (Wildman–Crippen LogP) is 1.45. The van der Waals surface area contributed by atoms with E-state index in [9.17, 15) is 0 Å². The Morgan fingerprint density at radius 3 is 2.82 bits per heavy atom. The number of aliphatic hydroxyl groups excluding tert-OH is 1. The van der Waals surface area contributed by atoms with Crippen LogP contribution in [-0.4, -0.2) is 50.0 Å². The van der Waals surface area contributed by atoms with Crippen LogP contribution in [0.15, 0.2) is 15.9 Å². The molecule has 0 amide bonds. The van der Waals surface area contributed by atoms with Crippen molar-refractivity contribution in [2.45, 2.75) is 6.04 Å². The molecule has 17 heavy (non-hydrogen) atoms. The van der Waals surface area contributed by atoms with Gasteiger partial charge < -0.3 is 15.6 Å². The van der Waals surface area contributed by atoms with Gasteiger partial charge in [0, 0.05) is 41.5 Å². The number of hydrogen-bond donors (Lipinski definition) is 2. The third-order valence-electron chi connectivity index (χ3n) is 2.55. The Morgan fingerprint density at radius 1 is 1.59 bits per heavy atom. The third kappa shape index (κ3) is 4.65. The van der Waals surface area contributed by atoms with E-state index in [2.05, 4.69) is 26.9 Å². The molecule has 1 heterocycles. The summed E-state index contributed by atoms with van der Waals surface area (Å²) in [6.07, 6.45) is 0. The molecule has 1 aromatic heterocycles. The molecule has 3 N–H and O–H groups in total. The van der Waals surface area contributed by atoms with Crippen LogP contribution in [0.1, 0.15) is 10.9 Å². The van der Waals surface area contributed by atoms with Gasteiger partial charge in [0.15, 0.2) is 0 Å². The van der Waals surface area contributed by atoms with E-state index in [1.165, 1.54) is 4.88 Å². The molecule has 4 nitrogen and oxygen atoms in total. The van der Waals surface area contributed by atoms with Gasteiger partial charge >= 0.3 is 0 Å². The SMILES string of the molecule is COCCN(CCO)C(CN)c1cc(Br)cs1. The first-order valence-electron chi connectivity index (χ1n) is 5.50. The minimum Gasteiger partial charge on any atom is -0.395 e. The van der Waals surface area contributed by atoms with Crippen molar-refractivity contribution in [1.82, 2.24) is 4.90 Å². The Balaban J connectivity index is 2.73. The van der Waals surface area contributed by atoms with Gasteiger partial charge in [0.05, 0.1) is 19.3 Å². The molecule has 1 aromatic rings. The molecule has 0 fully saturated rings. The molecule has 0 aliphatic heterocycles. The summed E-state index contributed by atoms with van der Waals surface area (Å²) in [6, 6.07) is 2.23. The molecule has 0 saturated carbocycles. The number of ether oxygens (including phenoxy) is 1. The Labute approximate surface area is 115 Å². The van der Waals surface area contributed by atoms with Crippen molar-refractivity contribution in [2.75, 3.05) is 40.0 Å². The second-order valence-corrected chi connectivity index (χ2v) is 5.53. The summed E-state index contributed by atoms with van der Waals surface area (Å²) >= 11 is 5.13. The van der Waals surface area contributed by atoms with Crippen LogP contribution in [0.3, 0.4) is 0 Å². The predicted molar refractivity (Wildman–Crippen MR) is 74.3 cm³/mol. The molecule has 0 radical (unpaired) electrons. The van der Waals surface area contributed by atoms with Crippen LogP contribution >= 0.6 is 27.3 Å². The lowest BCUT2D eigenvalue weighted by Gasteiger charge is -2.29. The van der Waals surface area contributed by atoms with Gasteiger partial charge in [0.25, 0.3) is 0 Å². The second-order valence-electron chi connectivity index (χ2n) is 3.67. The van der Waals surface area contributed by atoms with Crippen molar-refractivity contribution in [3.8, 4) is 0 Å². The van der Waals surface area contributed by atoms with Gasteiger partial charge in [0.2, 0.25) is 0 Å². The first kappa shape index (κ1) is 15.1. The Morgan fingerprint density at radius 2 is 2.35 bits per heavy atom. The summed E-state index contributed by atoms with van der Waals surface area (Å²) < 4.78 is 6.16. The topological polar surface area (TPSA) is 58.7 Å². The van der Waals surface area contributed by atoms with Crippen LogP contribution in [0.2, 0.25) is 0 Å². The number of aliphatic hydroxyl groups is 1. The number of nitrogens with zero attached hydrogens (tertiary/aromatic N) is 1. The molecule has 0 aliphatic rings. The summed E-state index contributed by atoms with van der Waals surface area (Å²) in [5, 5.41) is 11.2. The molecule has 0 aromatic carbocycles. The molecule has 0 aliphatic carbocycles. The number of halogens is 1. The summed E-state index contributed by atoms with van der Waals surface area (Å²) in [6.45, 7) is 2.70. The van der Waals surface area contributed by atoms with Crippen LogP contribution in [0, 0.1) is 0 Å². The fraction of sp³-hybridized carbons (Fsp3) is 0.636. The van der Waals surface area contributed by atoms with Crippen molar-refractivity contribution >= 4 is 27.3 Å². The Bertz CT molecular complexity index is 322. The maximum Gasteiger partial charge on any atom is 0.0589 e. The number of rotatable bonds is 8. The highest BCUT2D eigenvalue weighted by Crippen LogP contribution is 2.28. The lowest BCUT2D eigenvalue weighted by molar-refractivity contribution is 0.104. The van der Waals surface area contributed by atoms with Crippen molar-refractivity contribution < 1.29 is 9.84 Å². The van der Waals surface area contributed by atoms with Gasteiger partial charge in [-0.1, -0.05) is 0 Å². The van der Waals surface area contributed by atoms with E-state index in [-0.39, 0.29) is 12.6 Å². The lowest BCUT2D eigenvalue weighted by Crippen LogP contribution is -2.37. The molecule has 1 atom stereocenters. The lowest BCUT2D eigenvalue weighted by atomic mass is 10.2. The molecule has 0 spiro atoms. The van der Waals surface area contributed by atoms with E-state index < -0.39 is 0 Å². The maximum atomic E-state index is 9.10. The number of thiophene rings is 1. The first-order chi connectivity index (χ1) is 8.22. The van der Waals surface area contributed by atoms with E-state index >= 15 is 0 Å². The fourth-order valence-electron chi connectivity index (χ4n) is 1.71. The average molecular weight is 323 g/mol. The highest BCUT2D eigenvalue weighted by atomic mass is 79.9. The zero-order valence-electron chi connectivity index (χ0n) is 9.93. The van der Waals surface area contributed by atoms with Crippen molar-refractivity contribution in [1.29, 1.82) is 0 Å². The standard InChI is InChI=1S/C11H19BrN2O2S/c1-16-5-3-14(2-4-15)10(7-13)11-6-9(12)8-17-11/h6,8,10,15H,2-5,7,13H2,1H3. The van der Waals surface area contributed by atoms with Crippen LogP contribution in [-0.2, 0) is 4.74 Å². The van der Waals surface area contributed by atoms with Crippen LogP contribution in [0.5, 0.6) is 0 Å². The van der Waals surface area contributed by atoms with Gasteiger partial charge in [-0.2, -0.15) is 0 Å². The van der Waals surface area contributed by atoms with Crippen LogP contribution in [0.25, 0.3) is 0 Å². The molecule has 0 bridgehead atoms. The molecule has 1 rings (SSSR count). The van der Waals surface area contributed by atoms with E-state index in [0.29, 0.717) is 19.7 Å². The van der Waals surface area contributed by atoms with Crippen LogP contribution in [0.4, 0.5) is 0 Å². The molecule has 0 saturated heterocycles. The molecular weight excluding hydrogens is 304 g/mol. The molecule has 6 heteroatoms. The number of hydrogen-bond acceptors (Lipinski definition) is 5. The zero-order chi connectivity index (χ0) is 12.7. The zero-order valence-corrected chi connectivity index (χ0v) is 12.3. The van der Waals surface area contributed by atoms with Gasteiger partial charge in [-0.05, 0) is 22.0 Å². The van der Waals surface area contributed by atoms with Crippen LogP contribution < -0.4 is 5.73 Å². The fourth-order valence-corrected chi connectivity index (χ4v) is 3.30. The molecule has 1 unspecified atom stereocenters. The number of nitrogens with two attached hydrogens (primary N) is 1. The Kier molecular flexibility index (Phi) is 7.26.